The van der Waals surface area contributed by atoms with Gasteiger partial charge in [-0.2, -0.15) is 0 Å². The molecule has 4 heteroatoms. The highest BCUT2D eigenvalue weighted by Gasteiger charge is 2.17. The lowest BCUT2D eigenvalue weighted by Crippen LogP contribution is -1.88. The van der Waals surface area contributed by atoms with Crippen LogP contribution in [0.1, 0.15) is 31.5 Å². The highest BCUT2D eigenvalue weighted by molar-refractivity contribution is 7.26. The average molecular weight is 680 g/mol. The third-order valence-electron chi connectivity index (χ3n) is 7.90. The molecule has 0 aliphatic rings. The fourth-order valence-electron chi connectivity index (χ4n) is 5.61. The molecule has 0 saturated carbocycles. The number of aromatic nitrogens is 2. The Morgan fingerprint density at radius 3 is 2.06 bits per heavy atom. The summed E-state index contributed by atoms with van der Waals surface area (Å²) in [5.74, 6) is 0. The van der Waals surface area contributed by atoms with Crippen LogP contribution in [0.2, 0.25) is 0 Å². The van der Waals surface area contributed by atoms with Gasteiger partial charge in [0.05, 0.1) is 31.5 Å². The van der Waals surface area contributed by atoms with Gasteiger partial charge in [-0.25, -0.2) is 9.97 Å². The normalized spacial score (nSPS) is 18.0. The molecule has 3 aromatic heterocycles. The summed E-state index contributed by atoms with van der Waals surface area (Å²) < 4.78 is 207. The molecule has 50 heavy (non-hydrogen) atoms. The molecule has 0 aliphatic heterocycles. The van der Waals surface area contributed by atoms with Gasteiger partial charge in [0.1, 0.15) is 23.1 Å². The fraction of sp³-hybridized carbons (Fsp3) is 0. The van der Waals surface area contributed by atoms with E-state index in [1.54, 1.807) is 0 Å². The second kappa shape index (κ2) is 11.7. The van der Waals surface area contributed by atoms with Crippen molar-refractivity contribution >= 4 is 53.6 Å². The van der Waals surface area contributed by atoms with Crippen LogP contribution < -0.4 is 0 Å². The molecule has 0 spiro atoms. The topological polar surface area (TPSA) is 38.9 Å². The van der Waals surface area contributed by atoms with Gasteiger partial charge in [0.25, 0.3) is 0 Å². The van der Waals surface area contributed by atoms with Crippen molar-refractivity contribution in [2.75, 3.05) is 0 Å². The van der Waals surface area contributed by atoms with E-state index in [0.29, 0.717) is 0 Å². The lowest BCUT2D eigenvalue weighted by Gasteiger charge is -2.08. The van der Waals surface area contributed by atoms with E-state index < -0.39 is 161 Å². The molecule has 3 heterocycles. The van der Waals surface area contributed by atoms with Crippen LogP contribution >= 0.6 is 11.3 Å². The van der Waals surface area contributed by atoms with Crippen molar-refractivity contribution in [1.82, 2.24) is 9.97 Å². The number of benzene rings is 7. The predicted molar refractivity (Wildman–Crippen MR) is 209 cm³/mol. The molecule has 7 aromatic carbocycles. The van der Waals surface area contributed by atoms with Gasteiger partial charge in [0.2, 0.25) is 0 Å². The molecule has 0 bridgehead atoms. The molecule has 0 aliphatic carbocycles. The molecule has 234 valence electrons. The van der Waals surface area contributed by atoms with Crippen LogP contribution in [0.4, 0.5) is 0 Å². The minimum absolute atomic E-state index is 0.0245. The third-order valence-corrected chi connectivity index (χ3v) is 9.03. The molecule has 0 fully saturated rings. The number of rotatable bonds is 5. The van der Waals surface area contributed by atoms with Crippen LogP contribution in [-0.4, -0.2) is 9.97 Å². The van der Waals surface area contributed by atoms with Gasteiger partial charge in [-0.3, -0.25) is 0 Å². The standard InChI is InChI=1S/C46H28N2OS/c1-2-9-29(10-3-1)30-19-21-31(22-20-30)32-11-6-12-33(25-32)34-23-24-41-40(27-34)44-45(49-41)43(47-28-48-44)36-14-7-13-35(26-36)37-16-8-17-39-38-15-4-5-18-42(38)50-46(37)39/h1-28H/i1D,2D,3D,4D,5D,6D,7D,8D,9D,10D,11D,12D,13D,15D,16D,17D,18D,19D,20D,21D,22D,25D,26D. The van der Waals surface area contributed by atoms with Gasteiger partial charge in [0.15, 0.2) is 5.58 Å². The quantitative estimate of drug-likeness (QED) is 0.182. The summed E-state index contributed by atoms with van der Waals surface area (Å²) in [4.78, 5) is 8.81. The molecule has 0 radical (unpaired) electrons. The zero-order chi connectivity index (χ0) is 53.0. The summed E-state index contributed by atoms with van der Waals surface area (Å²) in [6, 6.07) is -9.88. The second-order valence-corrected chi connectivity index (χ2v) is 11.8. The van der Waals surface area contributed by atoms with Crippen molar-refractivity contribution in [2.24, 2.45) is 0 Å². The highest BCUT2D eigenvalue weighted by atomic mass is 32.1. The van der Waals surface area contributed by atoms with E-state index in [-0.39, 0.29) is 75.8 Å². The van der Waals surface area contributed by atoms with E-state index >= 15 is 0 Å². The van der Waals surface area contributed by atoms with Gasteiger partial charge in [-0.15, -0.1) is 11.3 Å². The van der Waals surface area contributed by atoms with Crippen LogP contribution in [0.5, 0.6) is 0 Å². The second-order valence-electron chi connectivity index (χ2n) is 10.8. The first-order chi connectivity index (χ1) is 34.3. The van der Waals surface area contributed by atoms with Crippen molar-refractivity contribution in [3.8, 4) is 55.8 Å². The number of hydrogen-bond acceptors (Lipinski definition) is 4. The maximum atomic E-state index is 9.54. The zero-order valence-corrected chi connectivity index (χ0v) is 25.9. The Morgan fingerprint density at radius 1 is 0.500 bits per heavy atom. The summed E-state index contributed by atoms with van der Waals surface area (Å²) in [6.45, 7) is 0. The molecule has 10 aromatic rings. The molecular formula is C46H28N2OS. The number of furan rings is 1. The maximum Gasteiger partial charge on any atom is 0.180 e. The first-order valence-electron chi connectivity index (χ1n) is 26.3. The molecule has 10 rings (SSSR count). The van der Waals surface area contributed by atoms with Crippen molar-refractivity contribution in [2.45, 2.75) is 0 Å². The third kappa shape index (κ3) is 4.80. The molecule has 0 N–H and O–H groups in total. The summed E-state index contributed by atoms with van der Waals surface area (Å²) in [7, 11) is 0. The van der Waals surface area contributed by atoms with E-state index in [9.17, 15) is 2.74 Å². The average Bonchev–Trinajstić information content (AvgIpc) is 3.95. The summed E-state index contributed by atoms with van der Waals surface area (Å²) >= 11 is 0.802. The molecule has 0 saturated heterocycles. The van der Waals surface area contributed by atoms with Gasteiger partial charge in [0, 0.05) is 31.1 Å². The molecular weight excluding hydrogens is 629 g/mol. The Bertz CT molecular complexity index is 4150. The SMILES string of the molecule is [2H]c1cc(-c2ncnc3c2oc2ccc(-c4c([2H])c([2H])c([2H])c(-c5c([2H])c([2H])c(-c6c([2H])c([2H])c([2H])c([2H])c6[2H])c([2H])c5[2H])c4[2H])cc23)c([2H])c(-c2c([2H])c([2H])c([2H])c3c2sc2c([2H])c([2H])c([2H])c([2H])c23)c1[2H]. The fourth-order valence-corrected chi connectivity index (χ4v) is 6.69. The minimum atomic E-state index is -0.853. The van der Waals surface area contributed by atoms with E-state index in [1.807, 2.05) is 0 Å². The Kier molecular flexibility index (Phi) is 3.23. The number of hydrogen-bond donors (Lipinski definition) is 0. The summed E-state index contributed by atoms with van der Waals surface area (Å²) in [5.41, 5.74) is -3.16. The molecule has 0 unspecified atom stereocenters. The van der Waals surface area contributed by atoms with E-state index in [1.165, 1.54) is 24.3 Å². The van der Waals surface area contributed by atoms with Gasteiger partial charge >= 0.3 is 0 Å². The number of nitrogens with zero attached hydrogens (tertiary/aromatic N) is 2. The number of fused-ring (bicyclic) bond motifs is 6. The van der Waals surface area contributed by atoms with Crippen molar-refractivity contribution in [3.63, 3.8) is 0 Å². The van der Waals surface area contributed by atoms with Gasteiger partial charge in [-0.1, -0.05) is 133 Å². The number of thiophene rings is 1. The lowest BCUT2D eigenvalue weighted by molar-refractivity contribution is 0.667. The Balaban J connectivity index is 1.16. The smallest absolute Gasteiger partial charge is 0.180 e. The summed E-state index contributed by atoms with van der Waals surface area (Å²) in [5, 5.41) is 0.0735. The Labute approximate surface area is 325 Å². The van der Waals surface area contributed by atoms with Crippen LogP contribution in [-0.2, 0) is 0 Å². The van der Waals surface area contributed by atoms with Crippen molar-refractivity contribution in [1.29, 1.82) is 0 Å². The zero-order valence-electron chi connectivity index (χ0n) is 48.1. The van der Waals surface area contributed by atoms with Gasteiger partial charge < -0.3 is 4.42 Å². The van der Waals surface area contributed by atoms with Crippen LogP contribution in [0.15, 0.2) is 174 Å². The Morgan fingerprint density at radius 2 is 1.18 bits per heavy atom. The highest BCUT2D eigenvalue weighted by Crippen LogP contribution is 2.41. The van der Waals surface area contributed by atoms with E-state index in [2.05, 4.69) is 9.97 Å². The maximum absolute atomic E-state index is 9.54. The summed E-state index contributed by atoms with van der Waals surface area (Å²) in [6.07, 6.45) is 1.12. The van der Waals surface area contributed by atoms with E-state index in [0.717, 1.165) is 17.7 Å². The van der Waals surface area contributed by atoms with Crippen LogP contribution in [0.3, 0.4) is 0 Å². The predicted octanol–water partition coefficient (Wildman–Crippen LogP) is 13.1. The largest absolute Gasteiger partial charge is 0.452 e. The molecule has 3 nitrogen and oxygen atoms in total. The van der Waals surface area contributed by atoms with Crippen LogP contribution in [0.25, 0.3) is 98.0 Å². The van der Waals surface area contributed by atoms with Crippen molar-refractivity contribution < 1.29 is 35.9 Å². The minimum Gasteiger partial charge on any atom is -0.452 e. The first kappa shape index (κ1) is 13.9. The van der Waals surface area contributed by atoms with Crippen LogP contribution in [0, 0.1) is 0 Å². The molecule has 0 amide bonds. The monoisotopic (exact) mass is 679 g/mol. The van der Waals surface area contributed by atoms with Crippen molar-refractivity contribution in [3.05, 3.63) is 170 Å². The first-order valence-corrected chi connectivity index (χ1v) is 15.7. The van der Waals surface area contributed by atoms with E-state index in [4.69, 9.17) is 33.2 Å². The molecule has 0 atom stereocenters. The lowest BCUT2D eigenvalue weighted by atomic mass is 9.96. The Hall–Kier alpha value is -6.36. The van der Waals surface area contributed by atoms with Gasteiger partial charge in [-0.05, 0) is 74.8 Å².